The summed E-state index contributed by atoms with van der Waals surface area (Å²) in [6.07, 6.45) is 5.96. The molecule has 108 valence electrons. The lowest BCUT2D eigenvalue weighted by molar-refractivity contribution is -0.124. The number of carbonyl (C=O) groups excluding carboxylic acids is 1. The number of hydrogen-bond acceptors (Lipinski definition) is 3. The number of nitrogens with one attached hydrogen (secondary N) is 1. The fourth-order valence-electron chi connectivity index (χ4n) is 2.12. The van der Waals surface area contributed by atoms with Gasteiger partial charge >= 0.3 is 0 Å². The number of aryl methyl sites for hydroxylation is 1. The summed E-state index contributed by atoms with van der Waals surface area (Å²) in [7, 11) is 0. The highest BCUT2D eigenvalue weighted by molar-refractivity contribution is 6.30. The highest BCUT2D eigenvalue weighted by atomic mass is 35.5. The molecule has 6 heteroatoms. The number of carbonyl (C=O) groups is 1. The number of amides is 1. The standard InChI is InChI=1S/C13H23ClN4O/c1-10(2)17-13(3,12(15)19)6-4-5-7-18-9-11(14)8-16-18/h8-10,17H,4-7H2,1-3H3,(H2,15,19). The number of primary amides is 1. The van der Waals surface area contributed by atoms with Crippen molar-refractivity contribution in [2.24, 2.45) is 5.73 Å². The highest BCUT2D eigenvalue weighted by Crippen LogP contribution is 2.15. The van der Waals surface area contributed by atoms with Crippen molar-refractivity contribution in [1.82, 2.24) is 15.1 Å². The van der Waals surface area contributed by atoms with E-state index in [0.29, 0.717) is 5.02 Å². The van der Waals surface area contributed by atoms with Crippen molar-refractivity contribution < 1.29 is 4.79 Å². The van der Waals surface area contributed by atoms with Crippen LogP contribution in [0.15, 0.2) is 12.4 Å². The average molecular weight is 287 g/mol. The van der Waals surface area contributed by atoms with Crippen LogP contribution >= 0.6 is 11.6 Å². The molecule has 0 aliphatic rings. The fraction of sp³-hybridized carbons (Fsp3) is 0.692. The number of unbranched alkanes of at least 4 members (excludes halogenated alkanes) is 1. The zero-order chi connectivity index (χ0) is 14.5. The summed E-state index contributed by atoms with van der Waals surface area (Å²) >= 11 is 5.79. The molecule has 0 spiro atoms. The smallest absolute Gasteiger partial charge is 0.237 e. The van der Waals surface area contributed by atoms with E-state index in [-0.39, 0.29) is 11.9 Å². The molecule has 0 aliphatic heterocycles. The number of aromatic nitrogens is 2. The Labute approximate surface area is 119 Å². The maximum absolute atomic E-state index is 11.5. The van der Waals surface area contributed by atoms with Gasteiger partial charge in [0, 0.05) is 18.8 Å². The van der Waals surface area contributed by atoms with Gasteiger partial charge < -0.3 is 11.1 Å². The Morgan fingerprint density at radius 2 is 2.26 bits per heavy atom. The van der Waals surface area contributed by atoms with Crippen LogP contribution in [0, 0.1) is 0 Å². The Bertz CT molecular complexity index is 419. The van der Waals surface area contributed by atoms with Gasteiger partial charge in [0.2, 0.25) is 5.91 Å². The van der Waals surface area contributed by atoms with Crippen molar-refractivity contribution in [3.05, 3.63) is 17.4 Å². The third-order valence-corrected chi connectivity index (χ3v) is 3.26. The number of nitrogens with two attached hydrogens (primary N) is 1. The minimum atomic E-state index is -0.643. The molecule has 0 aromatic carbocycles. The summed E-state index contributed by atoms with van der Waals surface area (Å²) in [6.45, 7) is 6.67. The van der Waals surface area contributed by atoms with E-state index in [9.17, 15) is 4.79 Å². The Hall–Kier alpha value is -1.07. The second-order valence-electron chi connectivity index (χ2n) is 5.37. The predicted octanol–water partition coefficient (Wildman–Crippen LogP) is 1.95. The second-order valence-corrected chi connectivity index (χ2v) is 5.81. The second kappa shape index (κ2) is 6.91. The van der Waals surface area contributed by atoms with Gasteiger partial charge in [0.25, 0.3) is 0 Å². The first-order valence-electron chi connectivity index (χ1n) is 6.59. The monoisotopic (exact) mass is 286 g/mol. The molecule has 1 unspecified atom stereocenters. The Balaban J connectivity index is 2.38. The summed E-state index contributed by atoms with van der Waals surface area (Å²) in [5.74, 6) is -0.302. The van der Waals surface area contributed by atoms with E-state index < -0.39 is 5.54 Å². The van der Waals surface area contributed by atoms with Crippen LogP contribution in [0.5, 0.6) is 0 Å². The van der Waals surface area contributed by atoms with Crippen molar-refractivity contribution in [1.29, 1.82) is 0 Å². The van der Waals surface area contributed by atoms with Gasteiger partial charge in [-0.3, -0.25) is 9.48 Å². The highest BCUT2D eigenvalue weighted by Gasteiger charge is 2.30. The Morgan fingerprint density at radius 1 is 1.58 bits per heavy atom. The average Bonchev–Trinajstić information content (AvgIpc) is 2.69. The van der Waals surface area contributed by atoms with E-state index in [1.165, 1.54) is 0 Å². The SMILES string of the molecule is CC(C)NC(C)(CCCCn1cc(Cl)cn1)C(N)=O. The molecule has 0 aliphatic carbocycles. The first-order chi connectivity index (χ1) is 8.83. The lowest BCUT2D eigenvalue weighted by Crippen LogP contribution is -2.55. The van der Waals surface area contributed by atoms with Gasteiger partial charge in [0.15, 0.2) is 0 Å². The molecule has 0 bridgehead atoms. The molecule has 0 saturated carbocycles. The van der Waals surface area contributed by atoms with E-state index in [1.807, 2.05) is 20.8 Å². The first-order valence-corrected chi connectivity index (χ1v) is 6.97. The fourth-order valence-corrected chi connectivity index (χ4v) is 2.27. The van der Waals surface area contributed by atoms with Crippen LogP contribution in [-0.4, -0.2) is 27.3 Å². The molecule has 0 radical (unpaired) electrons. The van der Waals surface area contributed by atoms with Crippen molar-refractivity contribution in [2.45, 2.75) is 58.2 Å². The molecule has 19 heavy (non-hydrogen) atoms. The molecule has 1 atom stereocenters. The van der Waals surface area contributed by atoms with Crippen molar-refractivity contribution in [2.75, 3.05) is 0 Å². The molecule has 5 nitrogen and oxygen atoms in total. The number of halogens is 1. The number of hydrogen-bond donors (Lipinski definition) is 2. The van der Waals surface area contributed by atoms with Crippen molar-refractivity contribution in [3.8, 4) is 0 Å². The van der Waals surface area contributed by atoms with E-state index >= 15 is 0 Å². The van der Waals surface area contributed by atoms with Gasteiger partial charge in [0.05, 0.1) is 16.8 Å². The first kappa shape index (κ1) is 16.0. The van der Waals surface area contributed by atoms with Crippen LogP contribution in [0.4, 0.5) is 0 Å². The van der Waals surface area contributed by atoms with Gasteiger partial charge in [-0.05, 0) is 40.0 Å². The summed E-state index contributed by atoms with van der Waals surface area (Å²) in [5, 5.41) is 7.99. The number of nitrogens with zero attached hydrogens (tertiary/aromatic N) is 2. The molecular weight excluding hydrogens is 264 g/mol. The van der Waals surface area contributed by atoms with E-state index in [1.54, 1.807) is 17.1 Å². The van der Waals surface area contributed by atoms with E-state index in [4.69, 9.17) is 17.3 Å². The largest absolute Gasteiger partial charge is 0.368 e. The van der Waals surface area contributed by atoms with Gasteiger partial charge in [-0.2, -0.15) is 5.10 Å². The maximum atomic E-state index is 11.5. The van der Waals surface area contributed by atoms with Gasteiger partial charge in [-0.1, -0.05) is 11.6 Å². The van der Waals surface area contributed by atoms with Crippen LogP contribution in [0.3, 0.4) is 0 Å². The maximum Gasteiger partial charge on any atom is 0.237 e. The molecule has 1 amide bonds. The molecule has 0 fully saturated rings. The Kier molecular flexibility index (Phi) is 5.82. The van der Waals surface area contributed by atoms with Crippen LogP contribution in [0.1, 0.15) is 40.0 Å². The predicted molar refractivity (Wildman–Crippen MR) is 77.0 cm³/mol. The van der Waals surface area contributed by atoms with Crippen LogP contribution in [0.2, 0.25) is 5.02 Å². The lowest BCUT2D eigenvalue weighted by atomic mass is 9.93. The molecule has 1 aromatic rings. The third kappa shape index (κ3) is 5.20. The third-order valence-electron chi connectivity index (χ3n) is 3.07. The molecule has 0 saturated heterocycles. The molecule has 1 rings (SSSR count). The van der Waals surface area contributed by atoms with Crippen molar-refractivity contribution in [3.63, 3.8) is 0 Å². The van der Waals surface area contributed by atoms with Gasteiger partial charge in [-0.15, -0.1) is 0 Å². The zero-order valence-electron chi connectivity index (χ0n) is 11.8. The molecular formula is C13H23ClN4O. The van der Waals surface area contributed by atoms with Gasteiger partial charge in [-0.25, -0.2) is 0 Å². The molecule has 3 N–H and O–H groups in total. The Morgan fingerprint density at radius 3 is 2.74 bits per heavy atom. The minimum absolute atomic E-state index is 0.224. The zero-order valence-corrected chi connectivity index (χ0v) is 12.6. The van der Waals surface area contributed by atoms with E-state index in [0.717, 1.165) is 25.8 Å². The van der Waals surface area contributed by atoms with Crippen LogP contribution in [-0.2, 0) is 11.3 Å². The van der Waals surface area contributed by atoms with Crippen LogP contribution in [0.25, 0.3) is 0 Å². The van der Waals surface area contributed by atoms with E-state index in [2.05, 4.69) is 10.4 Å². The topological polar surface area (TPSA) is 72.9 Å². The summed E-state index contributed by atoms with van der Waals surface area (Å²) in [5.41, 5.74) is 4.84. The summed E-state index contributed by atoms with van der Waals surface area (Å²) < 4.78 is 1.81. The molecule has 1 heterocycles. The minimum Gasteiger partial charge on any atom is -0.368 e. The lowest BCUT2D eigenvalue weighted by Gasteiger charge is -2.29. The number of rotatable bonds is 8. The summed E-state index contributed by atoms with van der Waals surface area (Å²) in [4.78, 5) is 11.5. The van der Waals surface area contributed by atoms with Gasteiger partial charge in [0.1, 0.15) is 0 Å². The van der Waals surface area contributed by atoms with Crippen LogP contribution < -0.4 is 11.1 Å². The molecule has 1 aromatic heterocycles. The summed E-state index contributed by atoms with van der Waals surface area (Å²) in [6, 6.07) is 0.224. The van der Waals surface area contributed by atoms with Crippen molar-refractivity contribution >= 4 is 17.5 Å². The quantitative estimate of drug-likeness (QED) is 0.718. The normalized spacial score (nSPS) is 14.6.